The van der Waals surface area contributed by atoms with E-state index >= 15 is 0 Å². The van der Waals surface area contributed by atoms with Crippen molar-refractivity contribution in [1.82, 2.24) is 15.3 Å². The zero-order chi connectivity index (χ0) is 23.1. The summed E-state index contributed by atoms with van der Waals surface area (Å²) >= 11 is 0. The fraction of sp³-hybridized carbons (Fsp3) is 0.750. The van der Waals surface area contributed by atoms with Crippen molar-refractivity contribution < 1.29 is 76.2 Å². The Bertz CT molecular complexity index is 831. The highest BCUT2D eigenvalue weighted by Crippen LogP contribution is 2.66. The molecule has 174 valence electrons. The maximum Gasteiger partial charge on any atom is 0.503 e. The molecule has 2 rings (SSSR count). The summed E-state index contributed by atoms with van der Waals surface area (Å²) < 4.78 is 49.9. The maximum absolute atomic E-state index is 12.0. The van der Waals surface area contributed by atoms with Gasteiger partial charge in [0.25, 0.3) is 0 Å². The number of ether oxygens (including phenoxy) is 1. The van der Waals surface area contributed by atoms with Crippen LogP contribution in [-0.4, -0.2) is 94.7 Å². The molecule has 30 heavy (non-hydrogen) atoms. The van der Waals surface area contributed by atoms with Gasteiger partial charge < -0.3 is 39.6 Å². The lowest BCUT2D eigenvalue weighted by Crippen LogP contribution is -2.63. The van der Waals surface area contributed by atoms with Crippen molar-refractivity contribution in [1.29, 1.82) is 0 Å². The Morgan fingerprint density at radius 1 is 1.00 bits per heavy atom. The third kappa shape index (κ3) is 6.25. The van der Waals surface area contributed by atoms with Gasteiger partial charge in [-0.25, -0.2) is 23.3 Å². The van der Waals surface area contributed by atoms with E-state index in [4.69, 9.17) is 24.5 Å². The van der Waals surface area contributed by atoms with E-state index in [1.165, 1.54) is 0 Å². The molecule has 0 radical (unpaired) electrons. The highest BCUT2D eigenvalue weighted by molar-refractivity contribution is 7.66. The third-order valence-corrected chi connectivity index (χ3v) is 7.15. The maximum atomic E-state index is 12.0. The van der Waals surface area contributed by atoms with Crippen LogP contribution in [0.4, 0.5) is 9.59 Å². The van der Waals surface area contributed by atoms with Crippen LogP contribution in [0.5, 0.6) is 0 Å². The summed E-state index contributed by atoms with van der Waals surface area (Å²) in [4.78, 5) is 59.7. The first-order valence-corrected chi connectivity index (χ1v) is 11.9. The van der Waals surface area contributed by atoms with Crippen molar-refractivity contribution in [2.45, 2.75) is 24.5 Å². The second-order valence-corrected chi connectivity index (χ2v) is 9.95. The van der Waals surface area contributed by atoms with E-state index in [0.717, 1.165) is 0 Å². The SMILES string of the molecule is O=C1NC(=O)N([C@@H]2O[C@H](CO)[C@@H](O)[C@H]2O)CN1OP(=O)(O)OP(=O)(O)OP(=O)(O)O. The van der Waals surface area contributed by atoms with Crippen LogP contribution >= 0.6 is 23.5 Å². The van der Waals surface area contributed by atoms with E-state index in [2.05, 4.69) is 13.2 Å². The number of urea groups is 2. The molecule has 2 unspecified atom stereocenters. The van der Waals surface area contributed by atoms with Crippen LogP contribution in [0.3, 0.4) is 0 Å². The summed E-state index contributed by atoms with van der Waals surface area (Å²) in [5, 5.41) is 30.2. The lowest BCUT2D eigenvalue weighted by atomic mass is 10.1. The standard InChI is InChI=1S/C8H16N3O16P3/c12-1-3-4(13)5(14)6(24-3)10-2-11(8(16)9-7(10)15)25-29(20,21)27-30(22,23)26-28(17,18)19/h3-6,12-14H,1-2H2,(H,20,21)(H,22,23)(H,9,15,16)(H2,17,18,19)/t3-,4-,5-,6-/m1/s1. The Kier molecular flexibility index (Phi) is 7.45. The molecule has 0 aromatic heterocycles. The van der Waals surface area contributed by atoms with Gasteiger partial charge in [0.15, 0.2) is 6.23 Å². The zero-order valence-corrected chi connectivity index (χ0v) is 16.9. The number of aliphatic hydroxyl groups excluding tert-OH is 3. The van der Waals surface area contributed by atoms with Crippen molar-refractivity contribution >= 4 is 35.5 Å². The number of amides is 4. The Hall–Kier alpha value is -1.01. The summed E-state index contributed by atoms with van der Waals surface area (Å²) in [6.45, 7) is -1.82. The second kappa shape index (κ2) is 8.85. The van der Waals surface area contributed by atoms with Crippen molar-refractivity contribution in [3.8, 4) is 0 Å². The molecule has 19 nitrogen and oxygen atoms in total. The van der Waals surface area contributed by atoms with E-state index in [1.54, 1.807) is 5.32 Å². The van der Waals surface area contributed by atoms with Crippen LogP contribution < -0.4 is 5.32 Å². The molecule has 2 heterocycles. The van der Waals surface area contributed by atoms with Crippen LogP contribution in [-0.2, 0) is 31.7 Å². The summed E-state index contributed by atoms with van der Waals surface area (Å²) in [5.41, 5.74) is 0. The average molecular weight is 503 g/mol. The average Bonchev–Trinajstić information content (AvgIpc) is 2.81. The molecule has 0 aliphatic carbocycles. The minimum Gasteiger partial charge on any atom is -0.394 e. The molecular formula is C8H16N3O16P3. The van der Waals surface area contributed by atoms with Gasteiger partial charge in [0.1, 0.15) is 25.0 Å². The number of hydrogen-bond acceptors (Lipinski definition) is 12. The third-order valence-electron chi connectivity index (χ3n) is 3.42. The van der Waals surface area contributed by atoms with E-state index < -0.39 is 73.3 Å². The molecule has 8 N–H and O–H groups in total. The first kappa shape index (κ1) is 25.3. The summed E-state index contributed by atoms with van der Waals surface area (Å²) in [7, 11) is -17.3. The second-order valence-electron chi connectivity index (χ2n) is 5.63. The molecule has 6 atom stereocenters. The van der Waals surface area contributed by atoms with Gasteiger partial charge in [0.2, 0.25) is 0 Å². The lowest BCUT2D eigenvalue weighted by molar-refractivity contribution is -0.134. The van der Waals surface area contributed by atoms with Gasteiger partial charge >= 0.3 is 35.5 Å². The topological polar surface area (TPSA) is 282 Å². The van der Waals surface area contributed by atoms with Crippen molar-refractivity contribution in [3.05, 3.63) is 0 Å². The molecule has 0 aromatic rings. The van der Waals surface area contributed by atoms with Gasteiger partial charge in [0.05, 0.1) is 6.61 Å². The predicted molar refractivity (Wildman–Crippen MR) is 85.2 cm³/mol. The molecule has 2 saturated heterocycles. The lowest BCUT2D eigenvalue weighted by Gasteiger charge is -2.37. The quantitative estimate of drug-likeness (QED) is 0.154. The predicted octanol–water partition coefficient (Wildman–Crippen LogP) is -2.91. The fourth-order valence-electron chi connectivity index (χ4n) is 2.31. The zero-order valence-electron chi connectivity index (χ0n) is 14.3. The van der Waals surface area contributed by atoms with Crippen LogP contribution in [0.1, 0.15) is 0 Å². The molecule has 22 heteroatoms. The summed E-state index contributed by atoms with van der Waals surface area (Å²) in [5.74, 6) is 0. The largest absolute Gasteiger partial charge is 0.503 e. The van der Waals surface area contributed by atoms with E-state index in [9.17, 15) is 38.4 Å². The Balaban J connectivity index is 2.13. The molecule has 0 aromatic carbocycles. The monoisotopic (exact) mass is 503 g/mol. The molecular weight excluding hydrogens is 487 g/mol. The Labute approximate surface area is 165 Å². The summed E-state index contributed by atoms with van der Waals surface area (Å²) in [6, 6.07) is -2.72. The van der Waals surface area contributed by atoms with Gasteiger partial charge in [0, 0.05) is 0 Å². The fourth-order valence-corrected chi connectivity index (χ4v) is 5.31. The molecule has 2 aliphatic heterocycles. The molecule has 0 saturated carbocycles. The number of hydrogen-bond donors (Lipinski definition) is 8. The number of aliphatic hydroxyl groups is 3. The number of hydroxylamine groups is 2. The Morgan fingerprint density at radius 3 is 2.10 bits per heavy atom. The van der Waals surface area contributed by atoms with Gasteiger partial charge in [-0.2, -0.15) is 18.3 Å². The van der Waals surface area contributed by atoms with E-state index in [-0.39, 0.29) is 5.06 Å². The van der Waals surface area contributed by atoms with E-state index in [0.29, 0.717) is 4.90 Å². The highest BCUT2D eigenvalue weighted by Gasteiger charge is 2.50. The van der Waals surface area contributed by atoms with Crippen LogP contribution in [0.15, 0.2) is 0 Å². The first-order valence-electron chi connectivity index (χ1n) is 7.40. The number of phosphoric acid groups is 3. The van der Waals surface area contributed by atoms with Crippen LogP contribution in [0, 0.1) is 0 Å². The van der Waals surface area contributed by atoms with Crippen molar-refractivity contribution in [2.24, 2.45) is 0 Å². The van der Waals surface area contributed by atoms with Gasteiger partial charge in [-0.3, -0.25) is 10.2 Å². The number of rotatable bonds is 8. The number of carbonyl (C=O) groups excluding carboxylic acids is 2. The summed E-state index contributed by atoms with van der Waals surface area (Å²) in [6.07, 6.45) is -6.41. The minimum absolute atomic E-state index is 0.103. The van der Waals surface area contributed by atoms with Gasteiger partial charge in [-0.05, 0) is 0 Å². The number of imide groups is 1. The molecule has 2 aliphatic rings. The molecule has 4 amide bonds. The number of carbonyl (C=O) groups is 2. The van der Waals surface area contributed by atoms with Gasteiger partial charge in [-0.15, -0.1) is 0 Å². The Morgan fingerprint density at radius 2 is 1.60 bits per heavy atom. The smallest absolute Gasteiger partial charge is 0.394 e. The number of nitrogens with one attached hydrogen (secondary N) is 1. The first-order chi connectivity index (χ1) is 13.6. The van der Waals surface area contributed by atoms with Crippen molar-refractivity contribution in [2.75, 3.05) is 13.3 Å². The molecule has 0 bridgehead atoms. The van der Waals surface area contributed by atoms with E-state index in [1.807, 2.05) is 0 Å². The van der Waals surface area contributed by atoms with Crippen LogP contribution in [0.25, 0.3) is 0 Å². The van der Waals surface area contributed by atoms with Gasteiger partial charge in [-0.1, -0.05) is 0 Å². The number of nitrogens with zero attached hydrogens (tertiary/aromatic N) is 2. The van der Waals surface area contributed by atoms with Crippen molar-refractivity contribution in [3.63, 3.8) is 0 Å². The van der Waals surface area contributed by atoms with Crippen LogP contribution in [0.2, 0.25) is 0 Å². The molecule has 2 fully saturated rings. The highest BCUT2D eigenvalue weighted by atomic mass is 31.3. The normalized spacial score (nSPS) is 32.0. The minimum atomic E-state index is -5.87. The molecule has 0 spiro atoms.